The third kappa shape index (κ3) is 4.29. The highest BCUT2D eigenvalue weighted by Gasteiger charge is 2.22. The highest BCUT2D eigenvalue weighted by Crippen LogP contribution is 2.19. The Morgan fingerprint density at radius 1 is 1.12 bits per heavy atom. The molecule has 2 aromatic rings. The molecule has 2 heterocycles. The van der Waals surface area contributed by atoms with Gasteiger partial charge in [-0.1, -0.05) is 6.92 Å². The van der Waals surface area contributed by atoms with Gasteiger partial charge in [0.05, 0.1) is 0 Å². The normalized spacial score (nSPS) is 15.0. The lowest BCUT2D eigenvalue weighted by atomic mass is 10.2. The first-order valence-corrected chi connectivity index (χ1v) is 8.95. The zero-order chi connectivity index (χ0) is 18.5. The molecule has 0 radical (unpaired) electrons. The van der Waals surface area contributed by atoms with E-state index in [0.29, 0.717) is 11.5 Å². The van der Waals surface area contributed by atoms with Gasteiger partial charge in [-0.3, -0.25) is 4.79 Å². The number of amides is 1. The Kier molecular flexibility index (Phi) is 5.68. The Bertz CT molecular complexity index is 738. The van der Waals surface area contributed by atoms with Crippen molar-refractivity contribution in [3.8, 4) is 0 Å². The van der Waals surface area contributed by atoms with Crippen molar-refractivity contribution in [1.29, 1.82) is 0 Å². The van der Waals surface area contributed by atoms with E-state index < -0.39 is 0 Å². The first-order chi connectivity index (χ1) is 12.6. The number of hydrogen-bond acceptors (Lipinski definition) is 6. The van der Waals surface area contributed by atoms with Gasteiger partial charge >= 0.3 is 0 Å². The number of carbonyl (C=O) groups excluding carboxylic acids is 1. The molecular weight excluding hydrogens is 328 g/mol. The maximum absolute atomic E-state index is 12.7. The first kappa shape index (κ1) is 18.1. The summed E-state index contributed by atoms with van der Waals surface area (Å²) >= 11 is 0. The number of anilines is 3. The lowest BCUT2D eigenvalue weighted by Gasteiger charge is -2.33. The molecular formula is C19H26N6O. The van der Waals surface area contributed by atoms with Gasteiger partial charge in [-0.2, -0.15) is 0 Å². The number of hydrogen-bond donors (Lipinski definition) is 1. The maximum atomic E-state index is 12.7. The lowest BCUT2D eigenvalue weighted by molar-refractivity contribution is 0.0637. The zero-order valence-electron chi connectivity index (χ0n) is 15.6. The van der Waals surface area contributed by atoms with Crippen molar-refractivity contribution >= 4 is 23.1 Å². The molecule has 1 N–H and O–H groups in total. The maximum Gasteiger partial charge on any atom is 0.272 e. The average molecular weight is 354 g/mol. The summed E-state index contributed by atoms with van der Waals surface area (Å²) in [6.07, 6.45) is 1.44. The molecule has 1 aliphatic rings. The van der Waals surface area contributed by atoms with Gasteiger partial charge in [-0.05, 0) is 30.8 Å². The highest BCUT2D eigenvalue weighted by molar-refractivity contribution is 5.93. The molecule has 0 atom stereocenters. The third-order valence-corrected chi connectivity index (χ3v) is 4.65. The molecule has 7 nitrogen and oxygen atoms in total. The Labute approximate surface area is 154 Å². The standard InChI is InChI=1S/C19H26N6O/c1-4-24-9-11-25(12-10-24)19(26)17-13-18(21-14-20-17)22-15-5-7-16(8-6-15)23(2)3/h5-8,13-14H,4,9-12H2,1-3H3,(H,20,21,22). The summed E-state index contributed by atoms with van der Waals surface area (Å²) < 4.78 is 0. The monoisotopic (exact) mass is 354 g/mol. The fourth-order valence-electron chi connectivity index (χ4n) is 2.96. The summed E-state index contributed by atoms with van der Waals surface area (Å²) in [5.74, 6) is 0.585. The Morgan fingerprint density at radius 3 is 2.42 bits per heavy atom. The van der Waals surface area contributed by atoms with Crippen LogP contribution in [0.4, 0.5) is 17.2 Å². The molecule has 0 aliphatic carbocycles. The predicted molar refractivity (Wildman–Crippen MR) is 104 cm³/mol. The lowest BCUT2D eigenvalue weighted by Crippen LogP contribution is -2.48. The molecule has 7 heteroatoms. The molecule has 26 heavy (non-hydrogen) atoms. The fourth-order valence-corrected chi connectivity index (χ4v) is 2.96. The van der Waals surface area contributed by atoms with Crippen molar-refractivity contribution in [2.45, 2.75) is 6.92 Å². The predicted octanol–water partition coefficient (Wildman–Crippen LogP) is 2.06. The van der Waals surface area contributed by atoms with Crippen LogP contribution in [0.2, 0.25) is 0 Å². The molecule has 138 valence electrons. The SMILES string of the molecule is CCN1CCN(C(=O)c2cc(Nc3ccc(N(C)C)cc3)ncn2)CC1. The van der Waals surface area contributed by atoms with E-state index in [9.17, 15) is 4.79 Å². The number of aromatic nitrogens is 2. The average Bonchev–Trinajstić information content (AvgIpc) is 2.68. The molecule has 1 amide bonds. The van der Waals surface area contributed by atoms with Gasteiger partial charge in [0, 0.05) is 57.7 Å². The number of piperazine rings is 1. The highest BCUT2D eigenvalue weighted by atomic mass is 16.2. The van der Waals surface area contributed by atoms with Gasteiger partial charge in [0.2, 0.25) is 0 Å². The Balaban J connectivity index is 1.67. The summed E-state index contributed by atoms with van der Waals surface area (Å²) in [5, 5.41) is 3.24. The van der Waals surface area contributed by atoms with Crippen molar-refractivity contribution in [1.82, 2.24) is 19.8 Å². The van der Waals surface area contributed by atoms with Crippen molar-refractivity contribution < 1.29 is 4.79 Å². The van der Waals surface area contributed by atoms with Crippen LogP contribution in [0, 0.1) is 0 Å². The zero-order valence-corrected chi connectivity index (χ0v) is 15.6. The molecule has 0 unspecified atom stereocenters. The smallest absolute Gasteiger partial charge is 0.272 e. The van der Waals surface area contributed by atoms with Crippen LogP contribution in [0.1, 0.15) is 17.4 Å². The number of rotatable bonds is 5. The van der Waals surface area contributed by atoms with E-state index in [-0.39, 0.29) is 5.91 Å². The minimum Gasteiger partial charge on any atom is -0.378 e. The van der Waals surface area contributed by atoms with Gasteiger partial charge in [0.1, 0.15) is 17.8 Å². The molecule has 1 fully saturated rings. The molecule has 1 aliphatic heterocycles. The summed E-state index contributed by atoms with van der Waals surface area (Å²) in [7, 11) is 4.01. The van der Waals surface area contributed by atoms with E-state index in [2.05, 4.69) is 27.1 Å². The van der Waals surface area contributed by atoms with Crippen molar-refractivity contribution in [3.63, 3.8) is 0 Å². The van der Waals surface area contributed by atoms with Crippen LogP contribution in [0.25, 0.3) is 0 Å². The largest absolute Gasteiger partial charge is 0.378 e. The van der Waals surface area contributed by atoms with Gasteiger partial charge < -0.3 is 20.0 Å². The second-order valence-electron chi connectivity index (χ2n) is 6.58. The van der Waals surface area contributed by atoms with Crippen LogP contribution in [0.15, 0.2) is 36.7 Å². The topological polar surface area (TPSA) is 64.6 Å². The summed E-state index contributed by atoms with van der Waals surface area (Å²) in [5.41, 5.74) is 2.47. The van der Waals surface area contributed by atoms with E-state index in [0.717, 1.165) is 44.1 Å². The molecule has 0 saturated carbocycles. The Hall–Kier alpha value is -2.67. The number of benzene rings is 1. The van der Waals surface area contributed by atoms with Crippen LogP contribution in [0.3, 0.4) is 0 Å². The van der Waals surface area contributed by atoms with Crippen molar-refractivity contribution in [3.05, 3.63) is 42.4 Å². The van der Waals surface area contributed by atoms with Crippen LogP contribution in [-0.2, 0) is 0 Å². The van der Waals surface area contributed by atoms with Crippen LogP contribution in [0.5, 0.6) is 0 Å². The fraction of sp³-hybridized carbons (Fsp3) is 0.421. The summed E-state index contributed by atoms with van der Waals surface area (Å²) in [4.78, 5) is 27.4. The number of carbonyl (C=O) groups is 1. The van der Waals surface area contributed by atoms with E-state index in [1.54, 1.807) is 6.07 Å². The molecule has 3 rings (SSSR count). The van der Waals surface area contributed by atoms with E-state index >= 15 is 0 Å². The van der Waals surface area contributed by atoms with Gasteiger partial charge in [-0.25, -0.2) is 9.97 Å². The second-order valence-corrected chi connectivity index (χ2v) is 6.58. The molecule has 0 bridgehead atoms. The van der Waals surface area contributed by atoms with E-state index in [4.69, 9.17) is 0 Å². The summed E-state index contributed by atoms with van der Waals surface area (Å²) in [6, 6.07) is 9.76. The number of nitrogens with one attached hydrogen (secondary N) is 1. The molecule has 0 spiro atoms. The van der Waals surface area contributed by atoms with Crippen LogP contribution < -0.4 is 10.2 Å². The first-order valence-electron chi connectivity index (χ1n) is 8.95. The molecule has 1 aromatic heterocycles. The second kappa shape index (κ2) is 8.14. The minimum absolute atomic E-state index is 0.0332. The van der Waals surface area contributed by atoms with Crippen molar-refractivity contribution in [2.24, 2.45) is 0 Å². The van der Waals surface area contributed by atoms with E-state index in [1.807, 2.05) is 48.2 Å². The van der Waals surface area contributed by atoms with Gasteiger partial charge in [-0.15, -0.1) is 0 Å². The van der Waals surface area contributed by atoms with Gasteiger partial charge in [0.25, 0.3) is 5.91 Å². The van der Waals surface area contributed by atoms with Crippen LogP contribution in [-0.4, -0.2) is 72.5 Å². The number of nitrogens with zero attached hydrogens (tertiary/aromatic N) is 5. The Morgan fingerprint density at radius 2 is 1.81 bits per heavy atom. The number of likely N-dealkylation sites (N-methyl/N-ethyl adjacent to an activating group) is 1. The summed E-state index contributed by atoms with van der Waals surface area (Å²) in [6.45, 7) is 6.48. The minimum atomic E-state index is -0.0332. The van der Waals surface area contributed by atoms with E-state index in [1.165, 1.54) is 6.33 Å². The molecule has 1 saturated heterocycles. The van der Waals surface area contributed by atoms with Gasteiger partial charge in [0.15, 0.2) is 0 Å². The molecule has 1 aromatic carbocycles. The van der Waals surface area contributed by atoms with Crippen LogP contribution >= 0.6 is 0 Å². The van der Waals surface area contributed by atoms with Crippen molar-refractivity contribution in [2.75, 3.05) is 57.0 Å². The third-order valence-electron chi connectivity index (χ3n) is 4.65. The quantitative estimate of drug-likeness (QED) is 0.887.